The second-order valence-electron chi connectivity index (χ2n) is 2.97. The first-order valence-electron chi connectivity index (χ1n) is 4.63. The number of carbonyl (C=O) groups is 2. The molecule has 0 spiro atoms. The van der Waals surface area contributed by atoms with E-state index in [0.29, 0.717) is 0 Å². The van der Waals surface area contributed by atoms with Crippen molar-refractivity contribution in [3.8, 4) is 0 Å². The molecule has 0 aliphatic carbocycles. The van der Waals surface area contributed by atoms with E-state index in [1.165, 1.54) is 21.3 Å². The molecule has 0 atom stereocenters. The van der Waals surface area contributed by atoms with Gasteiger partial charge >= 0.3 is 5.97 Å². The van der Waals surface area contributed by atoms with Crippen LogP contribution in [0.5, 0.6) is 0 Å². The highest BCUT2D eigenvalue weighted by atomic mass is 16.7. The highest BCUT2D eigenvalue weighted by molar-refractivity contribution is 5.96. The summed E-state index contributed by atoms with van der Waals surface area (Å²) in [4.78, 5) is 22.3. The predicted molar refractivity (Wildman–Crippen MR) is 56.6 cm³/mol. The summed E-state index contributed by atoms with van der Waals surface area (Å²) in [6.45, 7) is 3.66. The normalized spacial score (nSPS) is 10.0. The number of rotatable bonds is 7. The quantitative estimate of drug-likeness (QED) is 0.374. The van der Waals surface area contributed by atoms with Gasteiger partial charge in [-0.1, -0.05) is 6.58 Å². The molecule has 0 fully saturated rings. The third-order valence-electron chi connectivity index (χ3n) is 1.86. The van der Waals surface area contributed by atoms with Crippen LogP contribution < -0.4 is 5.32 Å². The van der Waals surface area contributed by atoms with Crippen LogP contribution in [0.25, 0.3) is 0 Å². The lowest BCUT2D eigenvalue weighted by atomic mass is 10.2. The number of ether oxygens (including phenoxy) is 3. The van der Waals surface area contributed by atoms with Crippen LogP contribution in [0.4, 0.5) is 0 Å². The highest BCUT2D eigenvalue weighted by Crippen LogP contribution is 2.00. The molecule has 0 aromatic heterocycles. The molecule has 0 saturated carbocycles. The molecule has 0 aliphatic rings. The number of methoxy groups -OCH3 is 3. The lowest BCUT2D eigenvalue weighted by Crippen LogP contribution is -2.35. The van der Waals surface area contributed by atoms with Gasteiger partial charge in [0.1, 0.15) is 0 Å². The first-order valence-corrected chi connectivity index (χ1v) is 4.63. The van der Waals surface area contributed by atoms with Crippen LogP contribution in [-0.4, -0.2) is 46.0 Å². The lowest BCUT2D eigenvalue weighted by molar-refractivity contribution is -0.140. The van der Waals surface area contributed by atoms with Crippen LogP contribution in [0.15, 0.2) is 12.2 Å². The molecule has 6 heteroatoms. The molecule has 1 N–H and O–H groups in total. The lowest BCUT2D eigenvalue weighted by Gasteiger charge is -2.14. The maximum Gasteiger partial charge on any atom is 0.310 e. The van der Waals surface area contributed by atoms with E-state index in [4.69, 9.17) is 9.47 Å². The largest absolute Gasteiger partial charge is 0.469 e. The van der Waals surface area contributed by atoms with Crippen LogP contribution in [0.3, 0.4) is 0 Å². The molecular weight excluding hydrogens is 214 g/mol. The first-order chi connectivity index (χ1) is 7.54. The predicted octanol–water partition coefficient (Wildman–Crippen LogP) is -0.159. The summed E-state index contributed by atoms with van der Waals surface area (Å²) in [5, 5.41) is 2.52. The Morgan fingerprint density at radius 2 is 1.81 bits per heavy atom. The van der Waals surface area contributed by atoms with Gasteiger partial charge in [0.2, 0.25) is 5.91 Å². The van der Waals surface area contributed by atoms with Crippen molar-refractivity contribution in [1.82, 2.24) is 5.32 Å². The SMILES string of the molecule is C=C(CC(=O)OC)C(=O)NCC(OC)OC. The Morgan fingerprint density at radius 1 is 1.25 bits per heavy atom. The fourth-order valence-corrected chi connectivity index (χ4v) is 0.891. The zero-order valence-electron chi connectivity index (χ0n) is 9.74. The molecular formula is C10H17NO5. The molecule has 0 unspecified atom stereocenters. The summed E-state index contributed by atoms with van der Waals surface area (Å²) < 4.78 is 14.2. The van der Waals surface area contributed by atoms with E-state index < -0.39 is 18.2 Å². The third-order valence-corrected chi connectivity index (χ3v) is 1.86. The third kappa shape index (κ3) is 5.47. The standard InChI is InChI=1S/C10H17NO5/c1-7(5-8(12)14-2)10(13)11-6-9(15-3)16-4/h9H,1,5-6H2,2-4H3,(H,11,13). The van der Waals surface area contributed by atoms with E-state index >= 15 is 0 Å². The molecule has 0 rings (SSSR count). The monoisotopic (exact) mass is 231 g/mol. The van der Waals surface area contributed by atoms with Gasteiger partial charge < -0.3 is 19.5 Å². The first kappa shape index (κ1) is 14.6. The van der Waals surface area contributed by atoms with Gasteiger partial charge in [0.05, 0.1) is 20.1 Å². The number of amides is 1. The number of hydrogen-bond acceptors (Lipinski definition) is 5. The molecule has 0 radical (unpaired) electrons. The van der Waals surface area contributed by atoms with Crippen molar-refractivity contribution in [1.29, 1.82) is 0 Å². The van der Waals surface area contributed by atoms with Gasteiger partial charge in [-0.25, -0.2) is 0 Å². The second kappa shape index (κ2) is 7.84. The maximum absolute atomic E-state index is 11.4. The summed E-state index contributed by atoms with van der Waals surface area (Å²) in [6.07, 6.45) is -0.651. The molecule has 0 saturated heterocycles. The summed E-state index contributed by atoms with van der Waals surface area (Å²) >= 11 is 0. The van der Waals surface area contributed by atoms with Crippen molar-refractivity contribution in [3.05, 3.63) is 12.2 Å². The number of esters is 1. The molecule has 0 aromatic carbocycles. The Morgan fingerprint density at radius 3 is 2.25 bits per heavy atom. The van der Waals surface area contributed by atoms with E-state index in [0.717, 1.165) is 0 Å². The van der Waals surface area contributed by atoms with E-state index in [9.17, 15) is 9.59 Å². The summed E-state index contributed by atoms with van der Waals surface area (Å²) in [5.41, 5.74) is 0.137. The molecule has 0 aromatic rings. The van der Waals surface area contributed by atoms with Gasteiger partial charge in [-0.2, -0.15) is 0 Å². The zero-order valence-corrected chi connectivity index (χ0v) is 9.74. The average Bonchev–Trinajstić information content (AvgIpc) is 2.29. The Labute approximate surface area is 94.5 Å². The molecule has 1 amide bonds. The van der Waals surface area contributed by atoms with Gasteiger partial charge in [-0.15, -0.1) is 0 Å². The van der Waals surface area contributed by atoms with Crippen molar-refractivity contribution in [2.24, 2.45) is 0 Å². The fourth-order valence-electron chi connectivity index (χ4n) is 0.891. The van der Waals surface area contributed by atoms with Crippen LogP contribution in [0, 0.1) is 0 Å². The zero-order chi connectivity index (χ0) is 12.6. The summed E-state index contributed by atoms with van der Waals surface area (Å²) in [6, 6.07) is 0. The van der Waals surface area contributed by atoms with Gasteiger partial charge in [0.25, 0.3) is 0 Å². The number of hydrogen-bond donors (Lipinski definition) is 1. The van der Waals surface area contributed by atoms with E-state index in [-0.39, 0.29) is 18.5 Å². The minimum Gasteiger partial charge on any atom is -0.469 e. The van der Waals surface area contributed by atoms with Gasteiger partial charge in [-0.05, 0) is 0 Å². The molecule has 0 aliphatic heterocycles. The summed E-state index contributed by atoms with van der Waals surface area (Å²) in [7, 11) is 4.17. The van der Waals surface area contributed by atoms with E-state index in [1.807, 2.05) is 0 Å². The van der Waals surface area contributed by atoms with Crippen molar-refractivity contribution >= 4 is 11.9 Å². The number of carbonyl (C=O) groups excluding carboxylic acids is 2. The van der Waals surface area contributed by atoms with Crippen molar-refractivity contribution < 1.29 is 23.8 Å². The Bertz CT molecular complexity index is 260. The molecule has 0 bridgehead atoms. The van der Waals surface area contributed by atoms with Crippen molar-refractivity contribution in [2.75, 3.05) is 27.9 Å². The van der Waals surface area contributed by atoms with Crippen LogP contribution in [0.2, 0.25) is 0 Å². The van der Waals surface area contributed by atoms with Gasteiger partial charge in [0, 0.05) is 19.8 Å². The van der Waals surface area contributed by atoms with Crippen LogP contribution in [-0.2, 0) is 23.8 Å². The second-order valence-corrected chi connectivity index (χ2v) is 2.97. The molecule has 0 heterocycles. The molecule has 92 valence electrons. The highest BCUT2D eigenvalue weighted by Gasteiger charge is 2.13. The Kier molecular flexibility index (Phi) is 7.15. The van der Waals surface area contributed by atoms with Crippen molar-refractivity contribution in [3.63, 3.8) is 0 Å². The van der Waals surface area contributed by atoms with Crippen LogP contribution >= 0.6 is 0 Å². The number of nitrogens with one attached hydrogen (secondary N) is 1. The van der Waals surface area contributed by atoms with Crippen LogP contribution in [0.1, 0.15) is 6.42 Å². The molecule has 6 nitrogen and oxygen atoms in total. The van der Waals surface area contributed by atoms with E-state index in [2.05, 4.69) is 16.6 Å². The Hall–Kier alpha value is -1.40. The van der Waals surface area contributed by atoms with Gasteiger partial charge in [-0.3, -0.25) is 9.59 Å². The topological polar surface area (TPSA) is 73.9 Å². The maximum atomic E-state index is 11.4. The molecule has 16 heavy (non-hydrogen) atoms. The average molecular weight is 231 g/mol. The smallest absolute Gasteiger partial charge is 0.310 e. The van der Waals surface area contributed by atoms with Crippen molar-refractivity contribution in [2.45, 2.75) is 12.7 Å². The fraction of sp³-hybridized carbons (Fsp3) is 0.600. The summed E-state index contributed by atoms with van der Waals surface area (Å²) in [5.74, 6) is -0.931. The van der Waals surface area contributed by atoms with Gasteiger partial charge in [0.15, 0.2) is 6.29 Å². The minimum absolute atomic E-state index is 0.132. The minimum atomic E-state index is -0.519. The Balaban J connectivity index is 3.97. The van der Waals surface area contributed by atoms with E-state index in [1.54, 1.807) is 0 Å².